The van der Waals surface area contributed by atoms with Crippen LogP contribution in [0.1, 0.15) is 23.9 Å². The minimum Gasteiger partial charge on any atom is -0.346 e. The highest BCUT2D eigenvalue weighted by molar-refractivity contribution is 7.89. The quantitative estimate of drug-likeness (QED) is 0.943. The SMILES string of the molecule is Cc1cnc(C2CCN(S(=O)(=O)c3ccc(Cl)cc3)C2)[nH]1. The van der Waals surface area contributed by atoms with Gasteiger partial charge in [0.25, 0.3) is 0 Å². The third-order valence-electron chi connectivity index (χ3n) is 3.71. The lowest BCUT2D eigenvalue weighted by atomic mass is 10.1. The molecule has 1 fully saturated rings. The van der Waals surface area contributed by atoms with Crippen molar-refractivity contribution in [3.63, 3.8) is 0 Å². The van der Waals surface area contributed by atoms with Crippen LogP contribution >= 0.6 is 11.6 Å². The Morgan fingerprint density at radius 3 is 2.67 bits per heavy atom. The lowest BCUT2D eigenvalue weighted by molar-refractivity contribution is 0.471. The second-order valence-electron chi connectivity index (χ2n) is 5.25. The van der Waals surface area contributed by atoms with Crippen LogP contribution in [0.2, 0.25) is 5.02 Å². The van der Waals surface area contributed by atoms with Crippen molar-refractivity contribution in [2.45, 2.75) is 24.2 Å². The number of sulfonamides is 1. The second-order valence-corrected chi connectivity index (χ2v) is 7.63. The maximum Gasteiger partial charge on any atom is 0.243 e. The van der Waals surface area contributed by atoms with E-state index in [4.69, 9.17) is 11.6 Å². The molecule has 2 aromatic rings. The van der Waals surface area contributed by atoms with Gasteiger partial charge in [-0.25, -0.2) is 13.4 Å². The van der Waals surface area contributed by atoms with Crippen molar-refractivity contribution in [1.29, 1.82) is 0 Å². The third-order valence-corrected chi connectivity index (χ3v) is 5.84. The topological polar surface area (TPSA) is 66.1 Å². The molecule has 0 saturated carbocycles. The number of nitrogens with zero attached hydrogens (tertiary/aromatic N) is 2. The summed E-state index contributed by atoms with van der Waals surface area (Å²) in [7, 11) is -3.46. The summed E-state index contributed by atoms with van der Waals surface area (Å²) in [6.07, 6.45) is 2.55. The van der Waals surface area contributed by atoms with Gasteiger partial charge in [-0.15, -0.1) is 0 Å². The van der Waals surface area contributed by atoms with E-state index in [1.807, 2.05) is 6.92 Å². The van der Waals surface area contributed by atoms with E-state index in [0.717, 1.165) is 17.9 Å². The normalized spacial score (nSPS) is 20.0. The minimum atomic E-state index is -3.46. The van der Waals surface area contributed by atoms with Gasteiger partial charge in [0.05, 0.1) is 4.90 Å². The smallest absolute Gasteiger partial charge is 0.243 e. The monoisotopic (exact) mass is 325 g/mol. The highest BCUT2D eigenvalue weighted by Gasteiger charge is 2.34. The van der Waals surface area contributed by atoms with Crippen molar-refractivity contribution in [3.05, 3.63) is 47.0 Å². The van der Waals surface area contributed by atoms with Gasteiger partial charge in [0.15, 0.2) is 0 Å². The number of H-pyrrole nitrogens is 1. The number of aromatic amines is 1. The van der Waals surface area contributed by atoms with Gasteiger partial charge >= 0.3 is 0 Å². The molecule has 1 atom stereocenters. The van der Waals surface area contributed by atoms with E-state index in [1.165, 1.54) is 4.31 Å². The van der Waals surface area contributed by atoms with Gasteiger partial charge in [-0.1, -0.05) is 11.6 Å². The Balaban J connectivity index is 1.80. The Labute approximate surface area is 129 Å². The molecule has 1 aliphatic heterocycles. The predicted molar refractivity (Wildman–Crippen MR) is 80.9 cm³/mol. The first-order chi connectivity index (χ1) is 9.96. The standard InChI is InChI=1S/C14H16ClN3O2S/c1-10-8-16-14(17-10)11-6-7-18(9-11)21(19,20)13-4-2-12(15)3-5-13/h2-5,8,11H,6-7,9H2,1H3,(H,16,17). The van der Waals surface area contributed by atoms with E-state index < -0.39 is 10.0 Å². The van der Waals surface area contributed by atoms with Crippen LogP contribution in [0.4, 0.5) is 0 Å². The molecule has 1 unspecified atom stereocenters. The molecular formula is C14H16ClN3O2S. The first-order valence-electron chi connectivity index (χ1n) is 6.74. The van der Waals surface area contributed by atoms with E-state index >= 15 is 0 Å². The highest BCUT2D eigenvalue weighted by Crippen LogP contribution is 2.29. The van der Waals surface area contributed by atoms with Crippen LogP contribution in [0.15, 0.2) is 35.4 Å². The molecule has 21 heavy (non-hydrogen) atoms. The Morgan fingerprint density at radius 2 is 2.05 bits per heavy atom. The molecule has 2 heterocycles. The zero-order valence-corrected chi connectivity index (χ0v) is 13.2. The molecule has 1 N–H and O–H groups in total. The summed E-state index contributed by atoms with van der Waals surface area (Å²) in [5.74, 6) is 0.988. The number of halogens is 1. The number of rotatable bonds is 3. The molecule has 0 amide bonds. The number of imidazole rings is 1. The lowest BCUT2D eigenvalue weighted by Crippen LogP contribution is -2.28. The summed E-state index contributed by atoms with van der Waals surface area (Å²) in [6.45, 7) is 2.90. The zero-order chi connectivity index (χ0) is 15.0. The zero-order valence-electron chi connectivity index (χ0n) is 11.6. The Kier molecular flexibility index (Phi) is 3.77. The number of hydrogen-bond acceptors (Lipinski definition) is 3. The van der Waals surface area contributed by atoms with E-state index in [9.17, 15) is 8.42 Å². The fraction of sp³-hybridized carbons (Fsp3) is 0.357. The predicted octanol–water partition coefficient (Wildman–Crippen LogP) is 2.55. The molecule has 1 saturated heterocycles. The van der Waals surface area contributed by atoms with Crippen molar-refractivity contribution < 1.29 is 8.42 Å². The van der Waals surface area contributed by atoms with E-state index in [0.29, 0.717) is 18.1 Å². The Hall–Kier alpha value is -1.37. The molecular weight excluding hydrogens is 310 g/mol. The molecule has 112 valence electrons. The van der Waals surface area contributed by atoms with Gasteiger partial charge in [0, 0.05) is 35.9 Å². The average Bonchev–Trinajstić information content (AvgIpc) is 3.08. The fourth-order valence-electron chi connectivity index (χ4n) is 2.57. The first kappa shape index (κ1) is 14.6. The molecule has 0 radical (unpaired) electrons. The highest BCUT2D eigenvalue weighted by atomic mass is 35.5. The average molecular weight is 326 g/mol. The minimum absolute atomic E-state index is 0.126. The van der Waals surface area contributed by atoms with Crippen molar-refractivity contribution in [2.75, 3.05) is 13.1 Å². The summed E-state index contributed by atoms with van der Waals surface area (Å²) in [5, 5.41) is 0.527. The molecule has 3 rings (SSSR count). The van der Waals surface area contributed by atoms with Gasteiger partial charge in [-0.05, 0) is 37.6 Å². The number of benzene rings is 1. The molecule has 1 aliphatic rings. The molecule has 0 bridgehead atoms. The van der Waals surface area contributed by atoms with E-state index in [1.54, 1.807) is 30.5 Å². The Bertz CT molecular complexity index is 740. The maximum absolute atomic E-state index is 12.6. The van der Waals surface area contributed by atoms with E-state index in [2.05, 4.69) is 9.97 Å². The van der Waals surface area contributed by atoms with Crippen LogP contribution in [0, 0.1) is 6.92 Å². The van der Waals surface area contributed by atoms with Crippen LogP contribution in [0.3, 0.4) is 0 Å². The Morgan fingerprint density at radius 1 is 1.33 bits per heavy atom. The summed E-state index contributed by atoms with van der Waals surface area (Å²) in [5.41, 5.74) is 0.990. The van der Waals surface area contributed by atoms with Crippen LogP contribution in [-0.2, 0) is 10.0 Å². The second kappa shape index (κ2) is 5.44. The van der Waals surface area contributed by atoms with Gasteiger partial charge in [0.2, 0.25) is 10.0 Å². The number of hydrogen-bond donors (Lipinski definition) is 1. The van der Waals surface area contributed by atoms with E-state index in [-0.39, 0.29) is 10.8 Å². The molecule has 5 nitrogen and oxygen atoms in total. The first-order valence-corrected chi connectivity index (χ1v) is 8.56. The lowest BCUT2D eigenvalue weighted by Gasteiger charge is -2.16. The largest absolute Gasteiger partial charge is 0.346 e. The van der Waals surface area contributed by atoms with Gasteiger partial charge in [-0.2, -0.15) is 4.31 Å². The third kappa shape index (κ3) is 2.84. The van der Waals surface area contributed by atoms with Gasteiger partial charge < -0.3 is 4.98 Å². The summed E-state index contributed by atoms with van der Waals surface area (Å²) < 4.78 is 26.7. The number of aryl methyl sites for hydroxylation is 1. The molecule has 7 heteroatoms. The van der Waals surface area contributed by atoms with Crippen molar-refractivity contribution in [2.24, 2.45) is 0 Å². The van der Waals surface area contributed by atoms with Crippen LogP contribution < -0.4 is 0 Å². The summed E-state index contributed by atoms with van der Waals surface area (Å²) >= 11 is 5.81. The van der Waals surface area contributed by atoms with Crippen LogP contribution in [0.25, 0.3) is 0 Å². The van der Waals surface area contributed by atoms with Crippen molar-refractivity contribution >= 4 is 21.6 Å². The van der Waals surface area contributed by atoms with Gasteiger partial charge in [-0.3, -0.25) is 0 Å². The molecule has 1 aromatic heterocycles. The molecule has 0 spiro atoms. The maximum atomic E-state index is 12.6. The summed E-state index contributed by atoms with van der Waals surface area (Å²) in [4.78, 5) is 7.77. The van der Waals surface area contributed by atoms with Crippen molar-refractivity contribution in [1.82, 2.24) is 14.3 Å². The summed E-state index contributed by atoms with van der Waals surface area (Å²) in [6, 6.07) is 6.28. The number of aromatic nitrogens is 2. The van der Waals surface area contributed by atoms with Crippen molar-refractivity contribution in [3.8, 4) is 0 Å². The molecule has 1 aromatic carbocycles. The van der Waals surface area contributed by atoms with Crippen LogP contribution in [-0.4, -0.2) is 35.8 Å². The molecule has 0 aliphatic carbocycles. The fourth-order valence-corrected chi connectivity index (χ4v) is 4.19. The van der Waals surface area contributed by atoms with Gasteiger partial charge in [0.1, 0.15) is 5.82 Å². The van der Waals surface area contributed by atoms with Crippen LogP contribution in [0.5, 0.6) is 0 Å². The number of nitrogens with one attached hydrogen (secondary N) is 1.